The smallest absolute Gasteiger partial charge is 0.231 e. The number of methoxy groups -OCH3 is 1. The molecule has 2 aromatic heterocycles. The summed E-state index contributed by atoms with van der Waals surface area (Å²) in [6.45, 7) is 4.47. The molecule has 1 aliphatic heterocycles. The molecule has 0 N–H and O–H groups in total. The van der Waals surface area contributed by atoms with Gasteiger partial charge in [-0.1, -0.05) is 23.7 Å². The quantitative estimate of drug-likeness (QED) is 0.449. The molecule has 0 unspecified atom stereocenters. The number of nitrogens with zero attached hydrogens (tertiary/aromatic N) is 5. The van der Waals surface area contributed by atoms with Crippen LogP contribution >= 0.6 is 0 Å². The zero-order valence-corrected chi connectivity index (χ0v) is 17.8. The van der Waals surface area contributed by atoms with Crippen LogP contribution in [0.2, 0.25) is 0 Å². The van der Waals surface area contributed by atoms with Gasteiger partial charge in [-0.2, -0.15) is 4.98 Å². The normalized spacial score (nSPS) is 14.9. The van der Waals surface area contributed by atoms with E-state index in [2.05, 4.69) is 30.7 Å². The van der Waals surface area contributed by atoms with Crippen molar-refractivity contribution < 1.29 is 9.26 Å². The first-order valence-electron chi connectivity index (χ1n) is 10.9. The molecular formula is C24H27N5O2. The number of rotatable bonds is 7. The fourth-order valence-electron chi connectivity index (χ4n) is 4.18. The molecule has 1 aliphatic rings. The van der Waals surface area contributed by atoms with E-state index in [4.69, 9.17) is 9.26 Å². The number of ether oxygens (including phenoxy) is 1. The van der Waals surface area contributed by atoms with Crippen molar-refractivity contribution >= 4 is 11.0 Å². The Balaban J connectivity index is 1.28. The molecule has 0 aliphatic carbocycles. The van der Waals surface area contributed by atoms with Crippen molar-refractivity contribution in [2.45, 2.75) is 32.2 Å². The number of likely N-dealkylation sites (tertiary alicyclic amines) is 1. The summed E-state index contributed by atoms with van der Waals surface area (Å²) in [6, 6.07) is 14.1. The van der Waals surface area contributed by atoms with E-state index in [1.54, 1.807) is 7.11 Å². The summed E-state index contributed by atoms with van der Waals surface area (Å²) in [6.07, 6.45) is 6.53. The molecule has 1 fully saturated rings. The Morgan fingerprint density at radius 2 is 1.84 bits per heavy atom. The van der Waals surface area contributed by atoms with Gasteiger partial charge in [0.15, 0.2) is 0 Å². The molecule has 7 heteroatoms. The molecule has 160 valence electrons. The lowest BCUT2D eigenvalue weighted by atomic mass is 10.1. The number of fused-ring (bicyclic) bond motifs is 1. The summed E-state index contributed by atoms with van der Waals surface area (Å²) in [5, 5.41) is 4.18. The maximum atomic E-state index is 5.48. The Kier molecular flexibility index (Phi) is 5.67. The second kappa shape index (κ2) is 8.89. The molecule has 0 spiro atoms. The average Bonchev–Trinajstić information content (AvgIpc) is 3.45. The molecule has 0 amide bonds. The molecule has 5 rings (SSSR count). The van der Waals surface area contributed by atoms with Crippen molar-refractivity contribution in [1.82, 2.24) is 24.6 Å². The lowest BCUT2D eigenvalue weighted by Crippen LogP contribution is -2.32. The van der Waals surface area contributed by atoms with E-state index in [1.165, 1.54) is 32.4 Å². The van der Waals surface area contributed by atoms with Gasteiger partial charge in [-0.25, -0.2) is 4.98 Å². The minimum Gasteiger partial charge on any atom is -0.497 e. The van der Waals surface area contributed by atoms with Crippen molar-refractivity contribution in [3.8, 4) is 17.1 Å². The minimum atomic E-state index is 0.588. The third kappa shape index (κ3) is 4.46. The lowest BCUT2D eigenvalue weighted by molar-refractivity contribution is 0.221. The molecule has 0 radical (unpaired) electrons. The number of benzene rings is 2. The molecule has 7 nitrogen and oxygen atoms in total. The maximum Gasteiger partial charge on any atom is 0.231 e. The third-order valence-corrected chi connectivity index (χ3v) is 5.97. The fraction of sp³-hybridized carbons (Fsp3) is 0.375. The maximum absolute atomic E-state index is 5.48. The molecule has 31 heavy (non-hydrogen) atoms. The summed E-state index contributed by atoms with van der Waals surface area (Å²) in [4.78, 5) is 11.7. The third-order valence-electron chi connectivity index (χ3n) is 5.97. The van der Waals surface area contributed by atoms with Crippen LogP contribution in [-0.4, -0.2) is 51.3 Å². The molecule has 0 atom stereocenters. The Morgan fingerprint density at radius 3 is 2.65 bits per heavy atom. The second-order valence-electron chi connectivity index (χ2n) is 8.08. The first kappa shape index (κ1) is 19.8. The highest BCUT2D eigenvalue weighted by molar-refractivity contribution is 5.80. The van der Waals surface area contributed by atoms with Gasteiger partial charge in [0.2, 0.25) is 11.7 Å². The van der Waals surface area contributed by atoms with Crippen molar-refractivity contribution in [3.63, 3.8) is 0 Å². The lowest BCUT2D eigenvalue weighted by Gasteiger charge is -2.26. The minimum absolute atomic E-state index is 0.588. The van der Waals surface area contributed by atoms with E-state index in [1.807, 2.05) is 42.7 Å². The predicted octanol–water partition coefficient (Wildman–Crippen LogP) is 4.17. The molecule has 2 aromatic carbocycles. The predicted molar refractivity (Wildman–Crippen MR) is 119 cm³/mol. The average molecular weight is 418 g/mol. The van der Waals surface area contributed by atoms with Crippen molar-refractivity contribution in [1.29, 1.82) is 0 Å². The van der Waals surface area contributed by atoms with E-state index in [-0.39, 0.29) is 0 Å². The summed E-state index contributed by atoms with van der Waals surface area (Å²) >= 11 is 0. The summed E-state index contributed by atoms with van der Waals surface area (Å²) < 4.78 is 12.9. The summed E-state index contributed by atoms with van der Waals surface area (Å²) in [7, 11) is 1.66. The van der Waals surface area contributed by atoms with Crippen LogP contribution in [0.4, 0.5) is 0 Å². The molecule has 1 saturated heterocycles. The van der Waals surface area contributed by atoms with E-state index in [0.717, 1.165) is 41.0 Å². The standard InChI is InChI=1S/C24H27N5O2/c1-30-20-8-5-18(6-9-20)15-23-26-24(27-31-23)19-7-10-22-21(16-19)25-17-29(22)14-13-28-11-3-2-4-12-28/h5-10,16-17H,2-4,11-15H2,1H3. The Hall–Kier alpha value is -3.19. The van der Waals surface area contributed by atoms with Gasteiger partial charge in [-0.05, 0) is 61.8 Å². The van der Waals surface area contributed by atoms with Crippen LogP contribution in [0.15, 0.2) is 53.3 Å². The number of hydrogen-bond acceptors (Lipinski definition) is 6. The number of hydrogen-bond donors (Lipinski definition) is 0. The Morgan fingerprint density at radius 1 is 1.00 bits per heavy atom. The first-order chi connectivity index (χ1) is 15.3. The molecule has 0 bridgehead atoms. The zero-order valence-electron chi connectivity index (χ0n) is 17.8. The van der Waals surface area contributed by atoms with Crippen LogP contribution in [0.1, 0.15) is 30.7 Å². The van der Waals surface area contributed by atoms with Crippen LogP contribution in [-0.2, 0) is 13.0 Å². The van der Waals surface area contributed by atoms with Crippen molar-refractivity contribution in [3.05, 3.63) is 60.2 Å². The van der Waals surface area contributed by atoms with Crippen molar-refractivity contribution in [2.24, 2.45) is 0 Å². The highest BCUT2D eigenvalue weighted by atomic mass is 16.5. The Bertz CT molecular complexity index is 1140. The monoisotopic (exact) mass is 417 g/mol. The second-order valence-corrected chi connectivity index (χ2v) is 8.08. The molecular weight excluding hydrogens is 390 g/mol. The van der Waals surface area contributed by atoms with Gasteiger partial charge in [0.1, 0.15) is 5.75 Å². The number of piperidine rings is 1. The molecule has 0 saturated carbocycles. The summed E-state index contributed by atoms with van der Waals surface area (Å²) in [5.74, 6) is 2.01. The van der Waals surface area contributed by atoms with Gasteiger partial charge in [-0.3, -0.25) is 0 Å². The van der Waals surface area contributed by atoms with Gasteiger partial charge < -0.3 is 18.7 Å². The first-order valence-corrected chi connectivity index (χ1v) is 10.9. The summed E-state index contributed by atoms with van der Waals surface area (Å²) in [5.41, 5.74) is 4.11. The van der Waals surface area contributed by atoms with Crippen molar-refractivity contribution in [2.75, 3.05) is 26.7 Å². The van der Waals surface area contributed by atoms with Crippen LogP contribution in [0.25, 0.3) is 22.4 Å². The van der Waals surface area contributed by atoms with Gasteiger partial charge in [0, 0.05) is 18.7 Å². The van der Waals surface area contributed by atoms with E-state index >= 15 is 0 Å². The molecule has 4 aromatic rings. The van der Waals surface area contributed by atoms with Crippen LogP contribution in [0, 0.1) is 0 Å². The largest absolute Gasteiger partial charge is 0.497 e. The van der Waals surface area contributed by atoms with E-state index in [0.29, 0.717) is 18.1 Å². The molecule has 3 heterocycles. The fourth-order valence-corrected chi connectivity index (χ4v) is 4.18. The van der Waals surface area contributed by atoms with Crippen LogP contribution in [0.5, 0.6) is 5.75 Å². The number of imidazole rings is 1. The highest BCUT2D eigenvalue weighted by Gasteiger charge is 2.13. The van der Waals surface area contributed by atoms with E-state index in [9.17, 15) is 0 Å². The van der Waals surface area contributed by atoms with Gasteiger partial charge >= 0.3 is 0 Å². The number of aromatic nitrogens is 4. The Labute approximate surface area is 181 Å². The van der Waals surface area contributed by atoms with Gasteiger partial charge in [0.05, 0.1) is 30.9 Å². The van der Waals surface area contributed by atoms with Gasteiger partial charge in [0.25, 0.3) is 0 Å². The highest BCUT2D eigenvalue weighted by Crippen LogP contribution is 2.23. The SMILES string of the molecule is COc1ccc(Cc2nc(-c3ccc4c(c3)ncn4CCN3CCCCC3)no2)cc1. The van der Waals surface area contributed by atoms with E-state index < -0.39 is 0 Å². The van der Waals surface area contributed by atoms with Crippen LogP contribution in [0.3, 0.4) is 0 Å². The zero-order chi connectivity index (χ0) is 21.0. The van der Waals surface area contributed by atoms with Gasteiger partial charge in [-0.15, -0.1) is 0 Å². The topological polar surface area (TPSA) is 69.2 Å². The van der Waals surface area contributed by atoms with Crippen LogP contribution < -0.4 is 4.74 Å².